The molecular formula is C9H8O3S. The third-order valence-electron chi connectivity index (χ3n) is 2.20. The van der Waals surface area contributed by atoms with E-state index >= 15 is 0 Å². The third-order valence-corrected chi connectivity index (χ3v) is 2.86. The lowest BCUT2D eigenvalue weighted by atomic mass is 10.1. The highest BCUT2D eigenvalue weighted by Crippen LogP contribution is 2.23. The highest BCUT2D eigenvalue weighted by Gasteiger charge is 2.19. The molecule has 1 N–H and O–H groups in total. The number of aryl methyl sites for hydroxylation is 1. The summed E-state index contributed by atoms with van der Waals surface area (Å²) < 4.78 is 19.5. The molecule has 0 bridgehead atoms. The Morgan fingerprint density at radius 2 is 2.08 bits per heavy atom. The molecule has 1 unspecified atom stereocenters. The van der Waals surface area contributed by atoms with Crippen molar-refractivity contribution in [3.63, 3.8) is 0 Å². The van der Waals surface area contributed by atoms with E-state index in [1.165, 1.54) is 6.07 Å². The topological polar surface area (TPSA) is 54.4 Å². The van der Waals surface area contributed by atoms with Crippen molar-refractivity contribution in [2.24, 2.45) is 0 Å². The van der Waals surface area contributed by atoms with Gasteiger partial charge in [-0.05, 0) is 30.2 Å². The Balaban J connectivity index is 2.51. The Kier molecular flexibility index (Phi) is 2.01. The summed E-state index contributed by atoms with van der Waals surface area (Å²) in [6.45, 7) is 0. The van der Waals surface area contributed by atoms with Crippen LogP contribution in [0.4, 0.5) is 0 Å². The maximum atomic E-state index is 11.2. The van der Waals surface area contributed by atoms with E-state index in [1.54, 1.807) is 12.1 Å². The summed E-state index contributed by atoms with van der Waals surface area (Å²) in [4.78, 5) is 11.6. The second-order valence-corrected chi connectivity index (χ2v) is 3.96. The van der Waals surface area contributed by atoms with Crippen LogP contribution < -0.4 is 0 Å². The van der Waals surface area contributed by atoms with E-state index in [4.69, 9.17) is 4.55 Å². The van der Waals surface area contributed by atoms with Gasteiger partial charge in [0.2, 0.25) is 0 Å². The van der Waals surface area contributed by atoms with Crippen molar-refractivity contribution in [2.75, 3.05) is 0 Å². The molecule has 1 aromatic carbocycles. The summed E-state index contributed by atoms with van der Waals surface area (Å²) >= 11 is -1.94. The molecular weight excluding hydrogens is 188 g/mol. The maximum absolute atomic E-state index is 11.2. The number of fused-ring (bicyclic) bond motifs is 1. The normalized spacial score (nSPS) is 17.2. The zero-order valence-corrected chi connectivity index (χ0v) is 7.63. The number of rotatable bonds is 1. The zero-order chi connectivity index (χ0) is 9.42. The fraction of sp³-hybridized carbons (Fsp3) is 0.222. The van der Waals surface area contributed by atoms with E-state index in [2.05, 4.69) is 0 Å². The fourth-order valence-electron chi connectivity index (χ4n) is 1.54. The number of Topliss-reactive ketones (excluding diaryl/α,β-unsaturated/α-hetero) is 1. The van der Waals surface area contributed by atoms with Gasteiger partial charge in [0.25, 0.3) is 0 Å². The summed E-state index contributed by atoms with van der Waals surface area (Å²) in [6.07, 6.45) is 1.22. The van der Waals surface area contributed by atoms with Crippen LogP contribution in [0, 0.1) is 0 Å². The van der Waals surface area contributed by atoms with Gasteiger partial charge in [-0.1, -0.05) is 0 Å². The number of carbonyl (C=O) groups is 1. The largest absolute Gasteiger partial charge is 0.302 e. The summed E-state index contributed by atoms with van der Waals surface area (Å²) in [5.41, 5.74) is 1.60. The van der Waals surface area contributed by atoms with E-state index in [1.807, 2.05) is 0 Å². The predicted molar refractivity (Wildman–Crippen MR) is 48.1 cm³/mol. The van der Waals surface area contributed by atoms with Crippen LogP contribution in [0.2, 0.25) is 0 Å². The average molecular weight is 196 g/mol. The zero-order valence-electron chi connectivity index (χ0n) is 6.82. The smallest absolute Gasteiger partial charge is 0.186 e. The monoisotopic (exact) mass is 196 g/mol. The molecule has 0 fully saturated rings. The molecule has 0 aliphatic heterocycles. The first-order valence-corrected chi connectivity index (χ1v) is 5.06. The van der Waals surface area contributed by atoms with Gasteiger partial charge >= 0.3 is 0 Å². The molecule has 3 nitrogen and oxygen atoms in total. The van der Waals surface area contributed by atoms with E-state index < -0.39 is 11.1 Å². The first-order chi connectivity index (χ1) is 6.18. The van der Waals surface area contributed by atoms with Crippen LogP contribution in [0.15, 0.2) is 23.1 Å². The van der Waals surface area contributed by atoms with Crippen molar-refractivity contribution in [3.05, 3.63) is 29.3 Å². The Hall–Kier alpha value is -1.00. The van der Waals surface area contributed by atoms with Crippen molar-refractivity contribution in [3.8, 4) is 0 Å². The van der Waals surface area contributed by atoms with Gasteiger partial charge in [-0.2, -0.15) is 0 Å². The minimum absolute atomic E-state index is 0.130. The van der Waals surface area contributed by atoms with Crippen LogP contribution in [0.5, 0.6) is 0 Å². The minimum Gasteiger partial charge on any atom is -0.302 e. The number of benzene rings is 1. The van der Waals surface area contributed by atoms with E-state index in [9.17, 15) is 9.00 Å². The van der Waals surface area contributed by atoms with E-state index in [0.29, 0.717) is 23.3 Å². The molecule has 0 amide bonds. The Morgan fingerprint density at radius 3 is 2.77 bits per heavy atom. The average Bonchev–Trinajstić information content (AvgIpc) is 2.47. The van der Waals surface area contributed by atoms with Crippen LogP contribution in [-0.4, -0.2) is 14.5 Å². The second-order valence-electron chi connectivity index (χ2n) is 2.99. The maximum Gasteiger partial charge on any atom is 0.186 e. The Bertz CT molecular complexity index is 398. The van der Waals surface area contributed by atoms with Crippen LogP contribution in [0.3, 0.4) is 0 Å². The summed E-state index contributed by atoms with van der Waals surface area (Å²) in [5, 5.41) is 0. The minimum atomic E-state index is -1.94. The van der Waals surface area contributed by atoms with Crippen molar-refractivity contribution >= 4 is 16.9 Å². The van der Waals surface area contributed by atoms with Gasteiger partial charge in [-0.25, -0.2) is 4.21 Å². The molecule has 0 spiro atoms. The van der Waals surface area contributed by atoms with Crippen LogP contribution in [0.25, 0.3) is 0 Å². The number of hydrogen-bond acceptors (Lipinski definition) is 2. The fourth-order valence-corrected chi connectivity index (χ4v) is 1.97. The number of carbonyl (C=O) groups excluding carboxylic acids is 1. The van der Waals surface area contributed by atoms with Crippen molar-refractivity contribution < 1.29 is 13.6 Å². The van der Waals surface area contributed by atoms with Gasteiger partial charge in [0, 0.05) is 12.0 Å². The SMILES string of the molecule is O=C1CCc2cc(S(=O)O)ccc21. The lowest BCUT2D eigenvalue weighted by Gasteiger charge is -1.99. The van der Waals surface area contributed by atoms with Crippen LogP contribution in [-0.2, 0) is 17.5 Å². The van der Waals surface area contributed by atoms with Gasteiger partial charge < -0.3 is 4.55 Å². The highest BCUT2D eigenvalue weighted by molar-refractivity contribution is 7.79. The molecule has 4 heteroatoms. The lowest BCUT2D eigenvalue weighted by Crippen LogP contribution is -1.93. The first kappa shape index (κ1) is 8.59. The molecule has 0 aromatic heterocycles. The summed E-state index contributed by atoms with van der Waals surface area (Å²) in [6, 6.07) is 4.79. The standard InChI is InChI=1S/C9H8O3S/c10-9-4-1-6-5-7(13(11)12)2-3-8(6)9/h2-3,5H,1,4H2,(H,11,12). The molecule has 1 aromatic rings. The Morgan fingerprint density at radius 1 is 1.31 bits per heavy atom. The molecule has 0 heterocycles. The Labute approximate surface area is 78.1 Å². The molecule has 0 saturated heterocycles. The molecule has 0 radical (unpaired) electrons. The van der Waals surface area contributed by atoms with Crippen molar-refractivity contribution in [1.82, 2.24) is 0 Å². The second kappa shape index (κ2) is 3.05. The van der Waals surface area contributed by atoms with Gasteiger partial charge in [0.1, 0.15) is 0 Å². The summed E-state index contributed by atoms with van der Waals surface area (Å²) in [5.74, 6) is 0.130. The lowest BCUT2D eigenvalue weighted by molar-refractivity contribution is 0.0994. The predicted octanol–water partition coefficient (Wildman–Crippen LogP) is 1.40. The number of ketones is 1. The van der Waals surface area contributed by atoms with Gasteiger partial charge in [0.05, 0.1) is 4.90 Å². The quantitative estimate of drug-likeness (QED) is 0.691. The highest BCUT2D eigenvalue weighted by atomic mass is 32.2. The van der Waals surface area contributed by atoms with E-state index in [0.717, 1.165) is 5.56 Å². The van der Waals surface area contributed by atoms with Crippen LogP contribution >= 0.6 is 0 Å². The van der Waals surface area contributed by atoms with Gasteiger partial charge in [0.15, 0.2) is 16.9 Å². The first-order valence-electron chi connectivity index (χ1n) is 3.95. The number of hydrogen-bond donors (Lipinski definition) is 1. The molecule has 1 atom stereocenters. The van der Waals surface area contributed by atoms with Crippen LogP contribution in [0.1, 0.15) is 22.3 Å². The third kappa shape index (κ3) is 1.43. The molecule has 13 heavy (non-hydrogen) atoms. The molecule has 68 valence electrons. The molecule has 1 aliphatic carbocycles. The van der Waals surface area contributed by atoms with Crippen molar-refractivity contribution in [1.29, 1.82) is 0 Å². The van der Waals surface area contributed by atoms with Gasteiger partial charge in [-0.3, -0.25) is 4.79 Å². The summed E-state index contributed by atoms with van der Waals surface area (Å²) in [7, 11) is 0. The molecule has 0 saturated carbocycles. The molecule has 2 rings (SSSR count). The van der Waals surface area contributed by atoms with Gasteiger partial charge in [-0.15, -0.1) is 0 Å². The molecule has 1 aliphatic rings. The van der Waals surface area contributed by atoms with Crippen molar-refractivity contribution in [2.45, 2.75) is 17.7 Å². The van der Waals surface area contributed by atoms with E-state index in [-0.39, 0.29) is 5.78 Å².